The summed E-state index contributed by atoms with van der Waals surface area (Å²) in [5.41, 5.74) is 1.42. The van der Waals surface area contributed by atoms with Crippen LogP contribution in [0.3, 0.4) is 0 Å². The van der Waals surface area contributed by atoms with Gasteiger partial charge in [-0.2, -0.15) is 0 Å². The van der Waals surface area contributed by atoms with E-state index < -0.39 is 0 Å². The maximum atomic E-state index is 6.08. The first-order valence-electron chi connectivity index (χ1n) is 9.67. The van der Waals surface area contributed by atoms with Crippen LogP contribution in [0.2, 0.25) is 0 Å². The van der Waals surface area contributed by atoms with Crippen molar-refractivity contribution in [1.82, 2.24) is 15.1 Å². The van der Waals surface area contributed by atoms with E-state index in [9.17, 15) is 0 Å². The Morgan fingerprint density at radius 1 is 1.17 bits per heavy atom. The Bertz CT molecular complexity index is 523. The molecular formula is C20H31N3O. The maximum Gasteiger partial charge on any atom is 0.0827 e. The normalized spacial score (nSPS) is 32.8. The number of ether oxygens (including phenoxy) is 1. The van der Waals surface area contributed by atoms with E-state index in [1.54, 1.807) is 0 Å². The summed E-state index contributed by atoms with van der Waals surface area (Å²) in [5.74, 6) is 0. The lowest BCUT2D eigenvalue weighted by Gasteiger charge is -2.35. The molecule has 4 nitrogen and oxygen atoms in total. The Balaban J connectivity index is 1.23. The highest BCUT2D eigenvalue weighted by molar-refractivity contribution is 5.18. The quantitative estimate of drug-likeness (QED) is 0.897. The molecule has 3 aliphatic heterocycles. The van der Waals surface area contributed by atoms with Crippen LogP contribution in [0.4, 0.5) is 0 Å². The van der Waals surface area contributed by atoms with Crippen LogP contribution < -0.4 is 5.32 Å². The van der Waals surface area contributed by atoms with E-state index in [0.29, 0.717) is 24.2 Å². The van der Waals surface area contributed by atoms with Gasteiger partial charge in [-0.3, -0.25) is 9.80 Å². The molecule has 3 saturated heterocycles. The topological polar surface area (TPSA) is 27.7 Å². The molecule has 0 aromatic heterocycles. The van der Waals surface area contributed by atoms with E-state index >= 15 is 0 Å². The molecule has 132 valence electrons. The molecule has 1 N–H and O–H groups in total. The molecule has 0 unspecified atom stereocenters. The fourth-order valence-electron chi connectivity index (χ4n) is 4.56. The van der Waals surface area contributed by atoms with Crippen molar-refractivity contribution in [2.45, 2.75) is 50.4 Å². The number of morpholine rings is 1. The molecule has 0 spiro atoms. The van der Waals surface area contributed by atoms with Crippen molar-refractivity contribution in [1.29, 1.82) is 0 Å². The van der Waals surface area contributed by atoms with Crippen molar-refractivity contribution in [3.63, 3.8) is 0 Å². The molecule has 1 aromatic rings. The third-order valence-electron chi connectivity index (χ3n) is 6.15. The number of nitrogens with zero attached hydrogens (tertiary/aromatic N) is 2. The van der Waals surface area contributed by atoms with E-state index in [1.807, 2.05) is 0 Å². The highest BCUT2D eigenvalue weighted by atomic mass is 16.5. The van der Waals surface area contributed by atoms with Gasteiger partial charge in [-0.25, -0.2) is 0 Å². The zero-order valence-electron chi connectivity index (χ0n) is 14.9. The van der Waals surface area contributed by atoms with Crippen LogP contribution in [0.15, 0.2) is 30.3 Å². The number of hydrogen-bond acceptors (Lipinski definition) is 4. The van der Waals surface area contributed by atoms with Gasteiger partial charge < -0.3 is 10.1 Å². The van der Waals surface area contributed by atoms with Gasteiger partial charge in [0.2, 0.25) is 0 Å². The predicted molar refractivity (Wildman–Crippen MR) is 97.2 cm³/mol. The second-order valence-corrected chi connectivity index (χ2v) is 7.72. The van der Waals surface area contributed by atoms with Gasteiger partial charge in [-0.05, 0) is 38.3 Å². The van der Waals surface area contributed by atoms with Crippen molar-refractivity contribution in [3.05, 3.63) is 35.9 Å². The lowest BCUT2D eigenvalue weighted by atomic mass is 10.1. The highest BCUT2D eigenvalue weighted by Crippen LogP contribution is 2.25. The minimum absolute atomic E-state index is 0.375. The van der Waals surface area contributed by atoms with Crippen LogP contribution in [0.5, 0.6) is 0 Å². The summed E-state index contributed by atoms with van der Waals surface area (Å²) in [6.45, 7) is 9.00. The lowest BCUT2D eigenvalue weighted by Crippen LogP contribution is -2.50. The molecule has 0 radical (unpaired) electrons. The molecule has 4 heteroatoms. The molecule has 3 aliphatic rings. The highest BCUT2D eigenvalue weighted by Gasteiger charge is 2.33. The van der Waals surface area contributed by atoms with Crippen molar-refractivity contribution in [3.8, 4) is 0 Å². The zero-order chi connectivity index (χ0) is 16.4. The third kappa shape index (κ3) is 3.67. The van der Waals surface area contributed by atoms with Gasteiger partial charge in [0.15, 0.2) is 0 Å². The third-order valence-corrected chi connectivity index (χ3v) is 6.15. The SMILES string of the molecule is C[C@H](c1ccccc1)N1CC[C@H](NC[C@@H]2CN3CCC[C@H]3CO2)C1. The molecule has 3 heterocycles. The van der Waals surface area contributed by atoms with E-state index in [-0.39, 0.29) is 0 Å². The molecule has 0 aliphatic carbocycles. The number of hydrogen-bond donors (Lipinski definition) is 1. The van der Waals surface area contributed by atoms with Gasteiger partial charge >= 0.3 is 0 Å². The van der Waals surface area contributed by atoms with E-state index in [0.717, 1.165) is 26.2 Å². The predicted octanol–water partition coefficient (Wildman–Crippen LogP) is 2.27. The van der Waals surface area contributed by atoms with Crippen LogP contribution in [0.1, 0.15) is 37.8 Å². The van der Waals surface area contributed by atoms with Crippen LogP contribution in [0, 0.1) is 0 Å². The second-order valence-electron chi connectivity index (χ2n) is 7.72. The molecule has 0 saturated carbocycles. The second kappa shape index (κ2) is 7.52. The minimum Gasteiger partial charge on any atom is -0.374 e. The largest absolute Gasteiger partial charge is 0.374 e. The summed E-state index contributed by atoms with van der Waals surface area (Å²) in [5, 5.41) is 3.77. The average molecular weight is 329 g/mol. The number of fused-ring (bicyclic) bond motifs is 1. The smallest absolute Gasteiger partial charge is 0.0827 e. The van der Waals surface area contributed by atoms with E-state index in [4.69, 9.17) is 4.74 Å². The molecule has 24 heavy (non-hydrogen) atoms. The van der Waals surface area contributed by atoms with Gasteiger partial charge in [0.05, 0.1) is 12.7 Å². The van der Waals surface area contributed by atoms with Gasteiger partial charge in [0, 0.05) is 44.3 Å². The van der Waals surface area contributed by atoms with Crippen LogP contribution >= 0.6 is 0 Å². The van der Waals surface area contributed by atoms with Gasteiger partial charge in [0.25, 0.3) is 0 Å². The molecule has 0 amide bonds. The Hall–Kier alpha value is -0.940. The summed E-state index contributed by atoms with van der Waals surface area (Å²) >= 11 is 0. The Kier molecular flexibility index (Phi) is 5.18. The maximum absolute atomic E-state index is 6.08. The fourth-order valence-corrected chi connectivity index (χ4v) is 4.56. The molecule has 0 bridgehead atoms. The van der Waals surface area contributed by atoms with Crippen molar-refractivity contribution in [2.75, 3.05) is 39.3 Å². The molecule has 1 aromatic carbocycles. The van der Waals surface area contributed by atoms with Crippen molar-refractivity contribution < 1.29 is 4.74 Å². The Morgan fingerprint density at radius 3 is 2.92 bits per heavy atom. The first-order valence-corrected chi connectivity index (χ1v) is 9.67. The number of likely N-dealkylation sites (tertiary alicyclic amines) is 1. The molecule has 4 atom stereocenters. The summed E-state index contributed by atoms with van der Waals surface area (Å²) in [4.78, 5) is 5.24. The lowest BCUT2D eigenvalue weighted by molar-refractivity contribution is -0.0477. The Morgan fingerprint density at radius 2 is 2.04 bits per heavy atom. The van der Waals surface area contributed by atoms with E-state index in [1.165, 1.54) is 37.9 Å². The summed E-state index contributed by atoms with van der Waals surface area (Å²) in [6.07, 6.45) is 4.30. The average Bonchev–Trinajstić information content (AvgIpc) is 3.29. The fraction of sp³-hybridized carbons (Fsp3) is 0.700. The molecular weight excluding hydrogens is 298 g/mol. The summed E-state index contributed by atoms with van der Waals surface area (Å²) < 4.78 is 6.08. The minimum atomic E-state index is 0.375. The van der Waals surface area contributed by atoms with Gasteiger partial charge in [-0.1, -0.05) is 30.3 Å². The van der Waals surface area contributed by atoms with Crippen molar-refractivity contribution in [2.24, 2.45) is 0 Å². The molecule has 3 fully saturated rings. The van der Waals surface area contributed by atoms with Crippen LogP contribution in [-0.2, 0) is 4.74 Å². The van der Waals surface area contributed by atoms with Gasteiger partial charge in [0.1, 0.15) is 0 Å². The Labute approximate surface area is 146 Å². The zero-order valence-corrected chi connectivity index (χ0v) is 14.9. The number of nitrogens with one attached hydrogen (secondary N) is 1. The van der Waals surface area contributed by atoms with Crippen LogP contribution in [-0.4, -0.2) is 67.3 Å². The van der Waals surface area contributed by atoms with E-state index in [2.05, 4.69) is 52.4 Å². The standard InChI is InChI=1S/C20H31N3O/c1-16(17-6-3-2-4-7-17)22-11-9-18(13-22)21-12-20-14-23-10-5-8-19(23)15-24-20/h2-4,6-7,16,18-21H,5,8-15H2,1H3/t16-,18+,19+,20-/m1/s1. The summed E-state index contributed by atoms with van der Waals surface area (Å²) in [7, 11) is 0. The van der Waals surface area contributed by atoms with Crippen molar-refractivity contribution >= 4 is 0 Å². The number of benzene rings is 1. The van der Waals surface area contributed by atoms with Gasteiger partial charge in [-0.15, -0.1) is 0 Å². The number of rotatable bonds is 5. The van der Waals surface area contributed by atoms with Crippen LogP contribution in [0.25, 0.3) is 0 Å². The first kappa shape index (κ1) is 16.5. The summed E-state index contributed by atoms with van der Waals surface area (Å²) in [6, 6.07) is 12.7. The monoisotopic (exact) mass is 329 g/mol. The first-order chi connectivity index (χ1) is 11.8. The molecule has 4 rings (SSSR count).